The Bertz CT molecular complexity index is 264. The second-order valence-corrected chi connectivity index (χ2v) is 4.59. The van der Waals surface area contributed by atoms with Crippen LogP contribution in [0.3, 0.4) is 0 Å². The van der Waals surface area contributed by atoms with E-state index in [1.807, 2.05) is 11.9 Å². The van der Waals surface area contributed by atoms with E-state index >= 15 is 0 Å². The van der Waals surface area contributed by atoms with Crippen LogP contribution in [-0.2, 0) is 9.59 Å². The molecule has 1 aliphatic rings. The highest BCUT2D eigenvalue weighted by molar-refractivity contribution is 5.76. The SMILES string of the molecule is CC(CN(C)CCC(=O)NC1CC1)C(=O)O. The molecule has 0 radical (unpaired) electrons. The Kier molecular flexibility index (Phi) is 4.73. The fraction of sp³-hybridized carbons (Fsp3) is 0.818. The van der Waals surface area contributed by atoms with Crippen LogP contribution in [-0.4, -0.2) is 48.1 Å². The number of carbonyl (C=O) groups excluding carboxylic acids is 1. The van der Waals surface area contributed by atoms with Crippen molar-refractivity contribution in [1.29, 1.82) is 0 Å². The van der Waals surface area contributed by atoms with Crippen LogP contribution in [0.5, 0.6) is 0 Å². The van der Waals surface area contributed by atoms with E-state index in [0.29, 0.717) is 25.6 Å². The lowest BCUT2D eigenvalue weighted by Gasteiger charge is -2.18. The molecule has 5 heteroatoms. The third kappa shape index (κ3) is 5.11. The van der Waals surface area contributed by atoms with Crippen LogP contribution in [0.2, 0.25) is 0 Å². The van der Waals surface area contributed by atoms with Gasteiger partial charge in [0.25, 0.3) is 0 Å². The Labute approximate surface area is 95.8 Å². The Morgan fingerprint density at radius 2 is 2.12 bits per heavy atom. The quantitative estimate of drug-likeness (QED) is 0.658. The summed E-state index contributed by atoms with van der Waals surface area (Å²) in [7, 11) is 1.84. The number of amides is 1. The lowest BCUT2D eigenvalue weighted by Crippen LogP contribution is -2.33. The van der Waals surface area contributed by atoms with Gasteiger partial charge in [-0.05, 0) is 19.9 Å². The smallest absolute Gasteiger partial charge is 0.307 e. The molecule has 1 atom stereocenters. The minimum Gasteiger partial charge on any atom is -0.481 e. The van der Waals surface area contributed by atoms with Gasteiger partial charge in [-0.1, -0.05) is 6.92 Å². The molecule has 1 saturated carbocycles. The molecule has 0 aromatic heterocycles. The van der Waals surface area contributed by atoms with E-state index in [0.717, 1.165) is 12.8 Å². The molecule has 0 aromatic rings. The number of nitrogens with zero attached hydrogens (tertiary/aromatic N) is 1. The van der Waals surface area contributed by atoms with Gasteiger partial charge in [0.2, 0.25) is 5.91 Å². The number of carbonyl (C=O) groups is 2. The van der Waals surface area contributed by atoms with Gasteiger partial charge in [-0.15, -0.1) is 0 Å². The summed E-state index contributed by atoms with van der Waals surface area (Å²) in [5.41, 5.74) is 0. The van der Waals surface area contributed by atoms with E-state index in [1.54, 1.807) is 6.92 Å². The Hall–Kier alpha value is -1.10. The average Bonchev–Trinajstić information content (AvgIpc) is 2.98. The van der Waals surface area contributed by atoms with Gasteiger partial charge < -0.3 is 15.3 Å². The molecule has 1 unspecified atom stereocenters. The maximum absolute atomic E-state index is 11.4. The third-order valence-corrected chi connectivity index (χ3v) is 2.67. The maximum atomic E-state index is 11.4. The van der Waals surface area contributed by atoms with Crippen LogP contribution in [0.15, 0.2) is 0 Å². The fourth-order valence-corrected chi connectivity index (χ4v) is 1.46. The van der Waals surface area contributed by atoms with Crippen LogP contribution in [0.1, 0.15) is 26.2 Å². The van der Waals surface area contributed by atoms with Crippen LogP contribution in [0.4, 0.5) is 0 Å². The van der Waals surface area contributed by atoms with E-state index in [2.05, 4.69) is 5.32 Å². The van der Waals surface area contributed by atoms with E-state index in [1.165, 1.54) is 0 Å². The number of nitrogens with one attached hydrogen (secondary N) is 1. The van der Waals surface area contributed by atoms with Crippen molar-refractivity contribution in [3.8, 4) is 0 Å². The first-order valence-corrected chi connectivity index (χ1v) is 5.69. The van der Waals surface area contributed by atoms with Crippen molar-refractivity contribution in [2.75, 3.05) is 20.1 Å². The molecule has 5 nitrogen and oxygen atoms in total. The first kappa shape index (κ1) is 13.0. The van der Waals surface area contributed by atoms with E-state index < -0.39 is 11.9 Å². The second-order valence-electron chi connectivity index (χ2n) is 4.59. The zero-order valence-electron chi connectivity index (χ0n) is 9.90. The molecule has 1 fully saturated rings. The predicted octanol–water partition coefficient (Wildman–Crippen LogP) is 0.308. The highest BCUT2D eigenvalue weighted by atomic mass is 16.4. The Balaban J connectivity index is 2.10. The summed E-state index contributed by atoms with van der Waals surface area (Å²) in [6.07, 6.45) is 2.63. The zero-order valence-corrected chi connectivity index (χ0v) is 9.90. The lowest BCUT2D eigenvalue weighted by molar-refractivity contribution is -0.141. The number of carboxylic acid groups (broad SMARTS) is 1. The standard InChI is InChI=1S/C11H20N2O3/c1-8(11(15)16)7-13(2)6-5-10(14)12-9-3-4-9/h8-9H,3-7H2,1-2H3,(H,12,14)(H,15,16). The van der Waals surface area contributed by atoms with Crippen molar-refractivity contribution in [2.24, 2.45) is 5.92 Å². The van der Waals surface area contributed by atoms with Crippen molar-refractivity contribution in [3.63, 3.8) is 0 Å². The first-order valence-electron chi connectivity index (χ1n) is 5.69. The number of carboxylic acids is 1. The predicted molar refractivity (Wildman–Crippen MR) is 60.1 cm³/mol. The fourth-order valence-electron chi connectivity index (χ4n) is 1.46. The summed E-state index contributed by atoms with van der Waals surface area (Å²) in [6, 6.07) is 0.399. The number of hydrogen-bond donors (Lipinski definition) is 2. The van der Waals surface area contributed by atoms with E-state index in [4.69, 9.17) is 5.11 Å². The van der Waals surface area contributed by atoms with Crippen molar-refractivity contribution < 1.29 is 14.7 Å². The zero-order chi connectivity index (χ0) is 12.1. The van der Waals surface area contributed by atoms with Gasteiger partial charge in [0, 0.05) is 25.6 Å². The van der Waals surface area contributed by atoms with Gasteiger partial charge in [0.15, 0.2) is 0 Å². The van der Waals surface area contributed by atoms with Crippen molar-refractivity contribution >= 4 is 11.9 Å². The summed E-state index contributed by atoms with van der Waals surface area (Å²) in [4.78, 5) is 23.9. The summed E-state index contributed by atoms with van der Waals surface area (Å²) in [5, 5.41) is 11.6. The maximum Gasteiger partial charge on any atom is 0.307 e. The van der Waals surface area contributed by atoms with Gasteiger partial charge in [-0.2, -0.15) is 0 Å². The van der Waals surface area contributed by atoms with Crippen molar-refractivity contribution in [3.05, 3.63) is 0 Å². The van der Waals surface area contributed by atoms with Gasteiger partial charge >= 0.3 is 5.97 Å². The lowest BCUT2D eigenvalue weighted by atomic mass is 10.2. The van der Waals surface area contributed by atoms with Crippen LogP contribution in [0, 0.1) is 5.92 Å². The molecule has 1 amide bonds. The normalized spacial score (nSPS) is 17.2. The molecular weight excluding hydrogens is 208 g/mol. The molecule has 2 N–H and O–H groups in total. The van der Waals surface area contributed by atoms with Gasteiger partial charge in [-0.25, -0.2) is 0 Å². The molecule has 16 heavy (non-hydrogen) atoms. The summed E-state index contributed by atoms with van der Waals surface area (Å²) in [6.45, 7) is 2.76. The van der Waals surface area contributed by atoms with E-state index in [9.17, 15) is 9.59 Å². The minimum atomic E-state index is -0.797. The van der Waals surface area contributed by atoms with Gasteiger partial charge in [-0.3, -0.25) is 9.59 Å². The van der Waals surface area contributed by atoms with Crippen LogP contribution in [0.25, 0.3) is 0 Å². The molecule has 1 rings (SSSR count). The molecule has 92 valence electrons. The third-order valence-electron chi connectivity index (χ3n) is 2.67. The molecule has 1 aliphatic carbocycles. The van der Waals surface area contributed by atoms with Crippen molar-refractivity contribution in [2.45, 2.75) is 32.2 Å². The number of aliphatic carboxylic acids is 1. The molecule has 0 aromatic carbocycles. The minimum absolute atomic E-state index is 0.0670. The van der Waals surface area contributed by atoms with Crippen molar-refractivity contribution in [1.82, 2.24) is 10.2 Å². The van der Waals surface area contributed by atoms with E-state index in [-0.39, 0.29) is 5.91 Å². The highest BCUT2D eigenvalue weighted by Gasteiger charge is 2.23. The Morgan fingerprint density at radius 1 is 1.50 bits per heavy atom. The summed E-state index contributed by atoms with van der Waals surface area (Å²) in [5.74, 6) is -1.12. The Morgan fingerprint density at radius 3 is 2.62 bits per heavy atom. The molecular formula is C11H20N2O3. The van der Waals surface area contributed by atoms with Gasteiger partial charge in [0.05, 0.1) is 5.92 Å². The van der Waals surface area contributed by atoms with Gasteiger partial charge in [0.1, 0.15) is 0 Å². The monoisotopic (exact) mass is 228 g/mol. The molecule has 0 spiro atoms. The summed E-state index contributed by atoms with van der Waals surface area (Å²) < 4.78 is 0. The topological polar surface area (TPSA) is 69.6 Å². The second kappa shape index (κ2) is 5.84. The average molecular weight is 228 g/mol. The highest BCUT2D eigenvalue weighted by Crippen LogP contribution is 2.18. The largest absolute Gasteiger partial charge is 0.481 e. The molecule has 0 aliphatic heterocycles. The first-order chi connectivity index (χ1) is 7.49. The molecule has 0 saturated heterocycles. The molecule has 0 heterocycles. The number of rotatable bonds is 7. The van der Waals surface area contributed by atoms with Crippen LogP contribution < -0.4 is 5.32 Å². The van der Waals surface area contributed by atoms with Crippen LogP contribution >= 0.6 is 0 Å². The summed E-state index contributed by atoms with van der Waals surface area (Å²) >= 11 is 0. The number of hydrogen-bond acceptors (Lipinski definition) is 3. The molecule has 0 bridgehead atoms.